The molecule has 23 heavy (non-hydrogen) atoms. The summed E-state index contributed by atoms with van der Waals surface area (Å²) in [6.45, 7) is 3.42. The first kappa shape index (κ1) is 16.0. The van der Waals surface area contributed by atoms with Crippen LogP contribution >= 0.6 is 11.3 Å². The van der Waals surface area contributed by atoms with Gasteiger partial charge in [0.25, 0.3) is 5.91 Å². The molecule has 1 amide bonds. The Kier molecular flexibility index (Phi) is 4.39. The summed E-state index contributed by atoms with van der Waals surface area (Å²) in [6, 6.07) is 1.34. The second kappa shape index (κ2) is 6.31. The van der Waals surface area contributed by atoms with Gasteiger partial charge in [0.1, 0.15) is 10.9 Å². The van der Waals surface area contributed by atoms with E-state index in [0.29, 0.717) is 10.9 Å². The van der Waals surface area contributed by atoms with Crippen LogP contribution in [-0.4, -0.2) is 32.8 Å². The van der Waals surface area contributed by atoms with E-state index < -0.39 is 12.0 Å². The van der Waals surface area contributed by atoms with Crippen LogP contribution in [0.1, 0.15) is 60.4 Å². The lowest BCUT2D eigenvalue weighted by Crippen LogP contribution is -2.37. The third kappa shape index (κ3) is 3.10. The minimum absolute atomic E-state index is 0.337. The molecule has 0 unspecified atom stereocenters. The van der Waals surface area contributed by atoms with Crippen molar-refractivity contribution < 1.29 is 14.7 Å². The average molecular weight is 335 g/mol. The van der Waals surface area contributed by atoms with Gasteiger partial charge in [-0.2, -0.15) is 5.10 Å². The van der Waals surface area contributed by atoms with E-state index in [0.717, 1.165) is 28.8 Å². The molecule has 2 aromatic heterocycles. The number of nitrogens with one attached hydrogen (secondary N) is 1. The van der Waals surface area contributed by atoms with Gasteiger partial charge in [-0.3, -0.25) is 14.3 Å². The Balaban J connectivity index is 1.89. The van der Waals surface area contributed by atoms with Gasteiger partial charge in [0.05, 0.1) is 16.6 Å². The molecule has 1 aliphatic carbocycles. The normalized spacial score (nSPS) is 17.3. The lowest BCUT2D eigenvalue weighted by molar-refractivity contribution is -0.138. The van der Waals surface area contributed by atoms with Gasteiger partial charge >= 0.3 is 5.97 Å². The SMILES string of the molecule is Cc1nn(C2CCCCC2)c2sc(C(=O)N[C@H](C)C(=O)O)cc12. The Hall–Kier alpha value is -1.89. The summed E-state index contributed by atoms with van der Waals surface area (Å²) in [5, 5.41) is 17.1. The smallest absolute Gasteiger partial charge is 0.325 e. The number of hydrogen-bond acceptors (Lipinski definition) is 4. The zero-order chi connectivity index (χ0) is 16.6. The molecule has 0 spiro atoms. The van der Waals surface area contributed by atoms with Crippen molar-refractivity contribution >= 4 is 33.4 Å². The Labute approximate surface area is 138 Å². The van der Waals surface area contributed by atoms with Crippen molar-refractivity contribution in [3.63, 3.8) is 0 Å². The Morgan fingerprint density at radius 3 is 2.74 bits per heavy atom. The van der Waals surface area contributed by atoms with Crippen LogP contribution < -0.4 is 5.32 Å². The third-order valence-electron chi connectivity index (χ3n) is 4.43. The van der Waals surface area contributed by atoms with Gasteiger partial charge in [-0.05, 0) is 32.8 Å². The number of carbonyl (C=O) groups excluding carboxylic acids is 1. The summed E-state index contributed by atoms with van der Waals surface area (Å²) in [5.74, 6) is -1.38. The van der Waals surface area contributed by atoms with Gasteiger partial charge in [0, 0.05) is 5.39 Å². The molecule has 1 fully saturated rings. The zero-order valence-corrected chi connectivity index (χ0v) is 14.2. The van der Waals surface area contributed by atoms with Gasteiger partial charge in [0.2, 0.25) is 0 Å². The largest absolute Gasteiger partial charge is 0.480 e. The number of fused-ring (bicyclic) bond motifs is 1. The second-order valence-corrected chi connectivity index (χ2v) is 7.22. The summed E-state index contributed by atoms with van der Waals surface area (Å²) in [6.07, 6.45) is 5.99. The van der Waals surface area contributed by atoms with Crippen molar-refractivity contribution in [3.05, 3.63) is 16.6 Å². The molecule has 0 aliphatic heterocycles. The number of carboxylic acids is 1. The summed E-state index contributed by atoms with van der Waals surface area (Å²) in [5.41, 5.74) is 0.923. The molecule has 7 heteroatoms. The molecule has 1 atom stereocenters. The minimum Gasteiger partial charge on any atom is -0.480 e. The van der Waals surface area contributed by atoms with Crippen LogP contribution in [-0.2, 0) is 4.79 Å². The van der Waals surface area contributed by atoms with E-state index in [1.54, 1.807) is 0 Å². The molecule has 0 bridgehead atoms. The molecular formula is C16H21N3O3S. The van der Waals surface area contributed by atoms with Gasteiger partial charge in [-0.25, -0.2) is 0 Å². The van der Waals surface area contributed by atoms with Gasteiger partial charge in [-0.15, -0.1) is 11.3 Å². The number of rotatable bonds is 4. The maximum Gasteiger partial charge on any atom is 0.325 e. The number of nitrogens with zero attached hydrogens (tertiary/aromatic N) is 2. The van der Waals surface area contributed by atoms with Crippen LogP contribution in [0.2, 0.25) is 0 Å². The Bertz CT molecular complexity index is 743. The molecule has 2 aromatic rings. The Morgan fingerprint density at radius 2 is 2.09 bits per heavy atom. The molecule has 0 radical (unpaired) electrons. The van der Waals surface area contributed by atoms with E-state index in [1.165, 1.54) is 37.5 Å². The molecule has 2 heterocycles. The monoisotopic (exact) mass is 335 g/mol. The summed E-state index contributed by atoms with van der Waals surface area (Å²) in [4.78, 5) is 24.7. The van der Waals surface area contributed by atoms with Crippen molar-refractivity contribution in [2.75, 3.05) is 0 Å². The molecule has 0 aromatic carbocycles. The van der Waals surface area contributed by atoms with Crippen molar-refractivity contribution in [1.82, 2.24) is 15.1 Å². The third-order valence-corrected chi connectivity index (χ3v) is 5.55. The molecule has 124 valence electrons. The maximum atomic E-state index is 12.2. The number of amides is 1. The second-order valence-electron chi connectivity index (χ2n) is 6.18. The van der Waals surface area contributed by atoms with E-state index in [1.807, 2.05) is 13.0 Å². The highest BCUT2D eigenvalue weighted by Gasteiger charge is 2.23. The summed E-state index contributed by atoms with van der Waals surface area (Å²) < 4.78 is 2.08. The van der Waals surface area contributed by atoms with Crippen LogP contribution in [0, 0.1) is 6.92 Å². The highest BCUT2D eigenvalue weighted by atomic mass is 32.1. The van der Waals surface area contributed by atoms with Gasteiger partial charge in [0.15, 0.2) is 0 Å². The number of hydrogen-bond donors (Lipinski definition) is 2. The fourth-order valence-electron chi connectivity index (χ4n) is 3.09. The molecule has 6 nitrogen and oxygen atoms in total. The molecule has 0 saturated heterocycles. The van der Waals surface area contributed by atoms with E-state index in [-0.39, 0.29) is 5.91 Å². The number of aromatic nitrogens is 2. The van der Waals surface area contributed by atoms with Crippen molar-refractivity contribution in [2.45, 2.75) is 58.0 Å². The first-order valence-electron chi connectivity index (χ1n) is 7.99. The average Bonchev–Trinajstić information content (AvgIpc) is 3.09. The topological polar surface area (TPSA) is 84.2 Å². The number of carboxylic acid groups (broad SMARTS) is 1. The number of carbonyl (C=O) groups is 2. The molecule has 3 rings (SSSR count). The fraction of sp³-hybridized carbons (Fsp3) is 0.562. The van der Waals surface area contributed by atoms with Gasteiger partial charge in [-0.1, -0.05) is 19.3 Å². The van der Waals surface area contributed by atoms with E-state index in [9.17, 15) is 9.59 Å². The maximum absolute atomic E-state index is 12.2. The standard InChI is InChI=1S/C16H21N3O3S/c1-9-12-8-13(14(20)17-10(2)16(21)22)23-15(12)19(18-9)11-6-4-3-5-7-11/h8,10-11H,3-7H2,1-2H3,(H,17,20)(H,21,22)/t10-/m1/s1. The highest BCUT2D eigenvalue weighted by molar-refractivity contribution is 7.20. The van der Waals surface area contributed by atoms with Crippen LogP contribution in [0.4, 0.5) is 0 Å². The lowest BCUT2D eigenvalue weighted by atomic mass is 9.96. The number of aryl methyl sites for hydroxylation is 1. The Morgan fingerprint density at radius 1 is 1.39 bits per heavy atom. The predicted octanol–water partition coefficient (Wildman–Crippen LogP) is 3.11. The fourth-order valence-corrected chi connectivity index (χ4v) is 4.22. The molecule has 2 N–H and O–H groups in total. The first-order valence-corrected chi connectivity index (χ1v) is 8.81. The number of thiophene rings is 1. The minimum atomic E-state index is -1.04. The molecule has 1 saturated carbocycles. The van der Waals surface area contributed by atoms with Crippen LogP contribution in [0.5, 0.6) is 0 Å². The summed E-state index contributed by atoms with van der Waals surface area (Å²) in [7, 11) is 0. The zero-order valence-electron chi connectivity index (χ0n) is 13.3. The van der Waals surface area contributed by atoms with Crippen LogP contribution in [0.15, 0.2) is 6.07 Å². The van der Waals surface area contributed by atoms with Crippen molar-refractivity contribution in [2.24, 2.45) is 0 Å². The molecule has 1 aliphatic rings. The van der Waals surface area contributed by atoms with Crippen LogP contribution in [0.25, 0.3) is 10.2 Å². The molecular weight excluding hydrogens is 314 g/mol. The van der Waals surface area contributed by atoms with Crippen molar-refractivity contribution in [3.8, 4) is 0 Å². The first-order chi connectivity index (χ1) is 11.0. The number of aliphatic carboxylic acids is 1. The van der Waals surface area contributed by atoms with Gasteiger partial charge < -0.3 is 10.4 Å². The van der Waals surface area contributed by atoms with E-state index >= 15 is 0 Å². The quantitative estimate of drug-likeness (QED) is 0.899. The highest BCUT2D eigenvalue weighted by Crippen LogP contribution is 2.35. The van der Waals surface area contributed by atoms with E-state index in [2.05, 4.69) is 15.1 Å². The lowest BCUT2D eigenvalue weighted by Gasteiger charge is -2.22. The van der Waals surface area contributed by atoms with E-state index in [4.69, 9.17) is 5.11 Å². The van der Waals surface area contributed by atoms with Crippen LogP contribution in [0.3, 0.4) is 0 Å². The van der Waals surface area contributed by atoms with Crippen molar-refractivity contribution in [1.29, 1.82) is 0 Å². The summed E-state index contributed by atoms with van der Waals surface area (Å²) >= 11 is 1.40. The predicted molar refractivity (Wildman–Crippen MR) is 89.0 cm³/mol.